The lowest BCUT2D eigenvalue weighted by atomic mass is 10.2. The molecule has 0 amide bonds. The molecule has 1 fully saturated rings. The van der Waals surface area contributed by atoms with E-state index in [2.05, 4.69) is 28.3 Å². The smallest absolute Gasteiger partial charge is 0.360 e. The average molecular weight is 348 g/mol. The van der Waals surface area contributed by atoms with Crippen LogP contribution in [0.3, 0.4) is 0 Å². The van der Waals surface area contributed by atoms with Crippen LogP contribution in [0.15, 0.2) is 0 Å². The number of carbonyl (C=O) groups is 1. The zero-order chi connectivity index (χ0) is 16.5. The Balaban J connectivity index is 2.39. The molecule has 22 heavy (non-hydrogen) atoms. The first-order valence-electron chi connectivity index (χ1n) is 6.95. The van der Waals surface area contributed by atoms with Gasteiger partial charge in [-0.2, -0.15) is 12.6 Å². The average Bonchev–Trinajstić information content (AvgIpc) is 2.97. The number of aromatic nitrogens is 3. The number of nitrogens with one attached hydrogen (secondary N) is 1. The van der Waals surface area contributed by atoms with Crippen molar-refractivity contribution in [1.82, 2.24) is 20.3 Å². The number of sulfone groups is 1. The number of hydrogen-bond donors (Lipinski definition) is 2. The monoisotopic (exact) mass is 348 g/mol. The van der Waals surface area contributed by atoms with Crippen LogP contribution in [0.25, 0.3) is 0 Å². The van der Waals surface area contributed by atoms with Crippen LogP contribution < -0.4 is 5.32 Å². The maximum absolute atomic E-state index is 12.2. The van der Waals surface area contributed by atoms with E-state index >= 15 is 0 Å². The molecule has 1 saturated heterocycles. The summed E-state index contributed by atoms with van der Waals surface area (Å²) in [6, 6.07) is -0.326. The lowest BCUT2D eigenvalue weighted by Gasteiger charge is -2.23. The molecule has 8 nitrogen and oxygen atoms in total. The van der Waals surface area contributed by atoms with E-state index < -0.39 is 21.2 Å². The molecule has 0 spiro atoms. The third-order valence-electron chi connectivity index (χ3n) is 3.56. The van der Waals surface area contributed by atoms with Gasteiger partial charge in [-0.05, 0) is 20.3 Å². The third kappa shape index (κ3) is 3.44. The molecule has 3 atom stereocenters. The van der Waals surface area contributed by atoms with Crippen LogP contribution in [0, 0.1) is 6.92 Å². The Kier molecular flexibility index (Phi) is 5.13. The van der Waals surface area contributed by atoms with Gasteiger partial charge in [-0.1, -0.05) is 5.21 Å². The molecular weight excluding hydrogens is 328 g/mol. The van der Waals surface area contributed by atoms with E-state index in [9.17, 15) is 13.2 Å². The first-order chi connectivity index (χ1) is 10.3. The Hall–Kier alpha value is -1.13. The van der Waals surface area contributed by atoms with Crippen LogP contribution in [0.5, 0.6) is 0 Å². The highest BCUT2D eigenvalue weighted by atomic mass is 32.2. The van der Waals surface area contributed by atoms with E-state index in [0.717, 1.165) is 6.26 Å². The Morgan fingerprint density at radius 3 is 2.77 bits per heavy atom. The highest BCUT2D eigenvalue weighted by Gasteiger charge is 2.39. The number of thiol groups is 1. The minimum absolute atomic E-state index is 0.0379. The second-order valence-corrected chi connectivity index (χ2v) is 8.19. The molecule has 1 aromatic heterocycles. The Labute approximate surface area is 134 Å². The topological polar surface area (TPSA) is 103 Å². The predicted octanol–water partition coefficient (Wildman–Crippen LogP) is -0.0333. The van der Waals surface area contributed by atoms with Gasteiger partial charge in [0.2, 0.25) is 0 Å². The first-order valence-corrected chi connectivity index (χ1v) is 9.42. The molecule has 0 bridgehead atoms. The number of esters is 1. The van der Waals surface area contributed by atoms with Crippen molar-refractivity contribution in [2.75, 3.05) is 19.4 Å². The van der Waals surface area contributed by atoms with Gasteiger partial charge in [0, 0.05) is 24.1 Å². The molecule has 3 unspecified atom stereocenters. The lowest BCUT2D eigenvalue weighted by molar-refractivity contribution is 0.0518. The highest BCUT2D eigenvalue weighted by molar-refractivity contribution is 7.90. The minimum Gasteiger partial charge on any atom is -0.461 e. The fourth-order valence-corrected chi connectivity index (χ4v) is 4.28. The molecule has 1 aliphatic rings. The summed E-state index contributed by atoms with van der Waals surface area (Å²) in [5, 5.41) is 9.96. The molecular formula is C12H20N4O4S2. The van der Waals surface area contributed by atoms with E-state index in [1.165, 1.54) is 4.68 Å². The number of hydrogen-bond acceptors (Lipinski definition) is 8. The molecule has 0 radical (unpaired) electrons. The van der Waals surface area contributed by atoms with Gasteiger partial charge in [-0.25, -0.2) is 17.9 Å². The summed E-state index contributed by atoms with van der Waals surface area (Å²) in [5.41, 5.74) is 0.411. The second-order valence-electron chi connectivity index (χ2n) is 5.31. The van der Waals surface area contributed by atoms with E-state index in [-0.39, 0.29) is 23.6 Å². The summed E-state index contributed by atoms with van der Waals surface area (Å²) < 4.78 is 30.6. The van der Waals surface area contributed by atoms with Gasteiger partial charge in [0.25, 0.3) is 0 Å². The second kappa shape index (κ2) is 6.55. The number of carbonyl (C=O) groups excluding carboxylic acids is 1. The molecule has 124 valence electrons. The zero-order valence-corrected chi connectivity index (χ0v) is 14.4. The Morgan fingerprint density at radius 1 is 1.59 bits per heavy atom. The molecule has 1 aliphatic heterocycles. The highest BCUT2D eigenvalue weighted by Crippen LogP contribution is 2.28. The Bertz CT molecular complexity index is 658. The summed E-state index contributed by atoms with van der Waals surface area (Å²) >= 11 is 4.37. The third-order valence-corrected chi connectivity index (χ3v) is 5.36. The molecule has 0 aromatic carbocycles. The van der Waals surface area contributed by atoms with Crippen LogP contribution in [-0.2, 0) is 14.6 Å². The molecule has 10 heteroatoms. The molecule has 0 aliphatic carbocycles. The number of rotatable bonds is 5. The van der Waals surface area contributed by atoms with Crippen molar-refractivity contribution in [1.29, 1.82) is 0 Å². The van der Waals surface area contributed by atoms with Gasteiger partial charge in [0.05, 0.1) is 12.3 Å². The summed E-state index contributed by atoms with van der Waals surface area (Å²) in [5.74, 6) is -0.607. The van der Waals surface area contributed by atoms with Gasteiger partial charge < -0.3 is 10.1 Å². The maximum Gasteiger partial charge on any atom is 0.360 e. The van der Waals surface area contributed by atoms with Crippen LogP contribution in [0.1, 0.15) is 34.9 Å². The van der Waals surface area contributed by atoms with Gasteiger partial charge in [-0.15, -0.1) is 5.10 Å². The minimum atomic E-state index is -3.46. The van der Waals surface area contributed by atoms with Gasteiger partial charge >= 0.3 is 5.97 Å². The van der Waals surface area contributed by atoms with Crippen molar-refractivity contribution in [3.63, 3.8) is 0 Å². The molecule has 2 heterocycles. The summed E-state index contributed by atoms with van der Waals surface area (Å²) in [7, 11) is -3.46. The van der Waals surface area contributed by atoms with Crippen molar-refractivity contribution in [3.8, 4) is 0 Å². The maximum atomic E-state index is 12.2. The fourth-order valence-electron chi connectivity index (χ4n) is 2.59. The van der Waals surface area contributed by atoms with Crippen LogP contribution in [0.4, 0.5) is 0 Å². The standard InChI is InChI=1S/C12H20N4O4S2/c1-4-20-12(17)10-7(2)16(15-14-10)11(22(3,18)19)9-5-8(21)6-13-9/h8-9,11,13,21H,4-6H2,1-3H3. The largest absolute Gasteiger partial charge is 0.461 e. The van der Waals surface area contributed by atoms with E-state index in [1.807, 2.05) is 0 Å². The number of ether oxygens (including phenoxy) is 1. The Morgan fingerprint density at radius 2 is 2.27 bits per heavy atom. The summed E-state index contributed by atoms with van der Waals surface area (Å²) in [4.78, 5) is 11.8. The SMILES string of the molecule is CCOC(=O)c1nnn(C(C2CC(S)CN2)S(C)(=O)=O)c1C. The van der Waals surface area contributed by atoms with Gasteiger partial charge in [-0.3, -0.25) is 0 Å². The quantitative estimate of drug-likeness (QED) is 0.569. The molecule has 0 saturated carbocycles. The van der Waals surface area contributed by atoms with Crippen molar-refractivity contribution >= 4 is 28.4 Å². The first kappa shape index (κ1) is 17.2. The van der Waals surface area contributed by atoms with Crippen molar-refractivity contribution in [2.24, 2.45) is 0 Å². The van der Waals surface area contributed by atoms with Crippen LogP contribution in [-0.4, -0.2) is 60.1 Å². The van der Waals surface area contributed by atoms with Gasteiger partial charge in [0.1, 0.15) is 0 Å². The summed E-state index contributed by atoms with van der Waals surface area (Å²) in [6.07, 6.45) is 1.74. The number of nitrogens with zero attached hydrogens (tertiary/aromatic N) is 3. The van der Waals surface area contributed by atoms with Crippen molar-refractivity contribution in [3.05, 3.63) is 11.4 Å². The summed E-state index contributed by atoms with van der Waals surface area (Å²) in [6.45, 7) is 4.13. The van der Waals surface area contributed by atoms with E-state index in [0.29, 0.717) is 18.7 Å². The van der Waals surface area contributed by atoms with Crippen molar-refractivity contribution < 1.29 is 17.9 Å². The molecule has 1 aromatic rings. The van der Waals surface area contributed by atoms with Crippen molar-refractivity contribution in [2.45, 2.75) is 36.9 Å². The molecule has 1 N–H and O–H groups in total. The molecule has 2 rings (SSSR count). The fraction of sp³-hybridized carbons (Fsp3) is 0.750. The lowest BCUT2D eigenvalue weighted by Crippen LogP contribution is -2.38. The van der Waals surface area contributed by atoms with Gasteiger partial charge in [0.15, 0.2) is 20.9 Å². The van der Waals surface area contributed by atoms with E-state index in [4.69, 9.17) is 4.74 Å². The van der Waals surface area contributed by atoms with Crippen LogP contribution >= 0.6 is 12.6 Å². The predicted molar refractivity (Wildman–Crippen MR) is 83.8 cm³/mol. The zero-order valence-electron chi connectivity index (χ0n) is 12.7. The van der Waals surface area contributed by atoms with E-state index in [1.54, 1.807) is 13.8 Å². The van der Waals surface area contributed by atoms with Crippen LogP contribution in [0.2, 0.25) is 0 Å². The normalized spacial score (nSPS) is 23.5.